The van der Waals surface area contributed by atoms with Crippen molar-refractivity contribution in [1.29, 1.82) is 0 Å². The zero-order valence-electron chi connectivity index (χ0n) is 13.2. The van der Waals surface area contributed by atoms with E-state index in [-0.39, 0.29) is 13.2 Å². The first-order chi connectivity index (χ1) is 11.7. The second-order valence-corrected chi connectivity index (χ2v) is 5.93. The molecule has 0 spiro atoms. The molecule has 0 unspecified atom stereocenters. The van der Waals surface area contributed by atoms with Gasteiger partial charge in [-0.05, 0) is 35.4 Å². The lowest BCUT2D eigenvalue weighted by atomic mass is 10.0. The number of benzene rings is 2. The van der Waals surface area contributed by atoms with Crippen LogP contribution in [0.25, 0.3) is 22.0 Å². The second kappa shape index (κ2) is 7.62. The van der Waals surface area contributed by atoms with Gasteiger partial charge in [-0.3, -0.25) is 0 Å². The number of aromatic nitrogens is 1. The van der Waals surface area contributed by atoms with Crippen molar-refractivity contribution in [1.82, 2.24) is 4.98 Å². The third kappa shape index (κ3) is 3.51. The lowest BCUT2D eigenvalue weighted by molar-refractivity contribution is 0.280. The molecule has 124 valence electrons. The van der Waals surface area contributed by atoms with E-state index in [0.29, 0.717) is 18.1 Å². The standard InChI is InChI=1S/C19H19ClN2O2/c20-15-6-7-18-17(12-15)16(14-4-2-1-3-5-14)13-19(21-18)22(8-10-23)9-11-24/h1-7,12-13,23-24H,8-11H2. The molecular formula is C19H19ClN2O2. The summed E-state index contributed by atoms with van der Waals surface area (Å²) in [6.45, 7) is 0.837. The molecule has 5 heteroatoms. The Balaban J connectivity index is 2.21. The minimum atomic E-state index is 0.000997. The van der Waals surface area contributed by atoms with Crippen molar-refractivity contribution in [2.24, 2.45) is 0 Å². The van der Waals surface area contributed by atoms with Crippen LogP contribution >= 0.6 is 11.6 Å². The summed E-state index contributed by atoms with van der Waals surface area (Å²) in [6.07, 6.45) is 0. The molecule has 0 aliphatic heterocycles. The summed E-state index contributed by atoms with van der Waals surface area (Å²) in [7, 11) is 0. The zero-order chi connectivity index (χ0) is 16.9. The van der Waals surface area contributed by atoms with Gasteiger partial charge in [-0.25, -0.2) is 4.98 Å². The van der Waals surface area contributed by atoms with Gasteiger partial charge in [-0.2, -0.15) is 0 Å². The Hall–Kier alpha value is -2.14. The Kier molecular flexibility index (Phi) is 5.30. The largest absolute Gasteiger partial charge is 0.395 e. The Bertz CT molecular complexity index is 818. The lowest BCUT2D eigenvalue weighted by Crippen LogP contribution is -2.30. The molecule has 1 aromatic heterocycles. The highest BCUT2D eigenvalue weighted by atomic mass is 35.5. The predicted molar refractivity (Wildman–Crippen MR) is 98.6 cm³/mol. The molecular weight excluding hydrogens is 324 g/mol. The highest BCUT2D eigenvalue weighted by molar-refractivity contribution is 6.31. The van der Waals surface area contributed by atoms with E-state index >= 15 is 0 Å². The summed E-state index contributed by atoms with van der Waals surface area (Å²) in [5.41, 5.74) is 2.93. The van der Waals surface area contributed by atoms with Crippen molar-refractivity contribution < 1.29 is 10.2 Å². The van der Waals surface area contributed by atoms with Gasteiger partial charge in [0.25, 0.3) is 0 Å². The van der Waals surface area contributed by atoms with Crippen LogP contribution in [0.5, 0.6) is 0 Å². The highest BCUT2D eigenvalue weighted by Gasteiger charge is 2.13. The maximum atomic E-state index is 9.29. The van der Waals surface area contributed by atoms with E-state index in [0.717, 1.165) is 27.8 Å². The van der Waals surface area contributed by atoms with Gasteiger partial charge in [0.15, 0.2) is 0 Å². The van der Waals surface area contributed by atoms with E-state index in [9.17, 15) is 10.2 Å². The summed E-state index contributed by atoms with van der Waals surface area (Å²) in [6, 6.07) is 17.7. The fourth-order valence-corrected chi connectivity index (χ4v) is 2.96. The van der Waals surface area contributed by atoms with E-state index < -0.39 is 0 Å². The van der Waals surface area contributed by atoms with Crippen molar-refractivity contribution in [3.63, 3.8) is 0 Å². The van der Waals surface area contributed by atoms with Gasteiger partial charge in [0, 0.05) is 23.5 Å². The maximum Gasteiger partial charge on any atom is 0.130 e. The molecule has 0 atom stereocenters. The second-order valence-electron chi connectivity index (χ2n) is 5.49. The Morgan fingerprint density at radius 3 is 2.29 bits per heavy atom. The third-order valence-electron chi connectivity index (χ3n) is 3.91. The SMILES string of the molecule is OCCN(CCO)c1cc(-c2ccccc2)c2cc(Cl)ccc2n1. The number of aliphatic hydroxyl groups is 2. The maximum absolute atomic E-state index is 9.29. The first-order valence-corrected chi connectivity index (χ1v) is 8.23. The molecule has 2 N–H and O–H groups in total. The van der Waals surface area contributed by atoms with Crippen LogP contribution in [0.2, 0.25) is 5.02 Å². The topological polar surface area (TPSA) is 56.6 Å². The molecule has 3 aromatic rings. The highest BCUT2D eigenvalue weighted by Crippen LogP contribution is 2.32. The van der Waals surface area contributed by atoms with Crippen LogP contribution in [0.3, 0.4) is 0 Å². The molecule has 3 rings (SSSR count). The van der Waals surface area contributed by atoms with Gasteiger partial charge < -0.3 is 15.1 Å². The number of aliphatic hydroxyl groups excluding tert-OH is 2. The van der Waals surface area contributed by atoms with Crippen LogP contribution in [0.4, 0.5) is 5.82 Å². The molecule has 4 nitrogen and oxygen atoms in total. The molecule has 24 heavy (non-hydrogen) atoms. The number of fused-ring (bicyclic) bond motifs is 1. The number of anilines is 1. The van der Waals surface area contributed by atoms with Gasteiger partial charge in [-0.15, -0.1) is 0 Å². The van der Waals surface area contributed by atoms with Gasteiger partial charge in [0.1, 0.15) is 5.82 Å². The predicted octanol–water partition coefficient (Wildman–Crippen LogP) is 3.35. The zero-order valence-corrected chi connectivity index (χ0v) is 13.9. The van der Waals surface area contributed by atoms with Crippen LogP contribution in [0, 0.1) is 0 Å². The number of pyridine rings is 1. The van der Waals surface area contributed by atoms with Gasteiger partial charge in [0.2, 0.25) is 0 Å². The van der Waals surface area contributed by atoms with Crippen molar-refractivity contribution >= 4 is 28.3 Å². The van der Waals surface area contributed by atoms with Gasteiger partial charge in [-0.1, -0.05) is 41.9 Å². The Morgan fingerprint density at radius 2 is 1.62 bits per heavy atom. The average molecular weight is 343 g/mol. The van der Waals surface area contributed by atoms with E-state index in [4.69, 9.17) is 11.6 Å². The molecule has 0 fully saturated rings. The Labute approximate surface area is 146 Å². The third-order valence-corrected chi connectivity index (χ3v) is 4.14. The first kappa shape index (κ1) is 16.7. The molecule has 0 radical (unpaired) electrons. The van der Waals surface area contributed by atoms with Crippen LogP contribution in [-0.2, 0) is 0 Å². The summed E-state index contributed by atoms with van der Waals surface area (Å²) in [5.74, 6) is 0.728. The molecule has 2 aromatic carbocycles. The van der Waals surface area contributed by atoms with E-state index in [2.05, 4.69) is 4.98 Å². The van der Waals surface area contributed by atoms with Gasteiger partial charge in [0.05, 0.1) is 18.7 Å². The lowest BCUT2D eigenvalue weighted by Gasteiger charge is -2.23. The summed E-state index contributed by atoms with van der Waals surface area (Å²) in [5, 5.41) is 20.2. The molecule has 0 saturated heterocycles. The van der Waals surface area contributed by atoms with Crippen molar-refractivity contribution in [3.05, 3.63) is 59.6 Å². The van der Waals surface area contributed by atoms with E-state index in [1.807, 2.05) is 59.5 Å². The fraction of sp³-hybridized carbons (Fsp3) is 0.211. The summed E-state index contributed by atoms with van der Waals surface area (Å²) in [4.78, 5) is 6.56. The first-order valence-electron chi connectivity index (χ1n) is 7.85. The van der Waals surface area contributed by atoms with Crippen LogP contribution in [0.15, 0.2) is 54.6 Å². The number of rotatable bonds is 6. The Morgan fingerprint density at radius 1 is 0.917 bits per heavy atom. The molecule has 0 saturated carbocycles. The van der Waals surface area contributed by atoms with Crippen molar-refractivity contribution in [2.45, 2.75) is 0 Å². The minimum absolute atomic E-state index is 0.000997. The van der Waals surface area contributed by atoms with E-state index in [1.54, 1.807) is 0 Å². The molecule has 0 bridgehead atoms. The van der Waals surface area contributed by atoms with Gasteiger partial charge >= 0.3 is 0 Å². The van der Waals surface area contributed by atoms with Crippen molar-refractivity contribution in [3.8, 4) is 11.1 Å². The molecule has 1 heterocycles. The number of nitrogens with zero attached hydrogens (tertiary/aromatic N) is 2. The quantitative estimate of drug-likeness (QED) is 0.721. The fourth-order valence-electron chi connectivity index (χ4n) is 2.78. The average Bonchev–Trinajstić information content (AvgIpc) is 2.61. The molecule has 0 aliphatic carbocycles. The number of hydrogen-bond donors (Lipinski definition) is 2. The van der Waals surface area contributed by atoms with Crippen molar-refractivity contribution in [2.75, 3.05) is 31.2 Å². The van der Waals surface area contributed by atoms with E-state index in [1.165, 1.54) is 0 Å². The monoisotopic (exact) mass is 342 g/mol. The molecule has 0 aliphatic rings. The molecule has 0 amide bonds. The smallest absolute Gasteiger partial charge is 0.130 e. The minimum Gasteiger partial charge on any atom is -0.395 e. The summed E-state index contributed by atoms with van der Waals surface area (Å²) >= 11 is 6.18. The summed E-state index contributed by atoms with van der Waals surface area (Å²) < 4.78 is 0. The van der Waals surface area contributed by atoms with Crippen LogP contribution in [-0.4, -0.2) is 41.5 Å². The number of hydrogen-bond acceptors (Lipinski definition) is 4. The van der Waals surface area contributed by atoms with Crippen LogP contribution < -0.4 is 4.90 Å². The van der Waals surface area contributed by atoms with Crippen LogP contribution in [0.1, 0.15) is 0 Å². The normalized spacial score (nSPS) is 11.0. The number of halogens is 1.